The molecule has 166 valence electrons. The molecule has 31 heavy (non-hydrogen) atoms. The first-order valence-corrected chi connectivity index (χ1v) is 11.9. The molecule has 0 saturated carbocycles. The lowest BCUT2D eigenvalue weighted by molar-refractivity contribution is 0.347. The summed E-state index contributed by atoms with van der Waals surface area (Å²) in [6.45, 7) is 11.6. The molecule has 4 N–H and O–H groups in total. The minimum atomic E-state index is -3.78. The van der Waals surface area contributed by atoms with Gasteiger partial charge in [-0.05, 0) is 35.1 Å². The topological polar surface area (TPSA) is 84.2 Å². The monoisotopic (exact) mass is 439 g/mol. The zero-order valence-corrected chi connectivity index (χ0v) is 19.1. The van der Waals surface area contributed by atoms with E-state index in [-0.39, 0.29) is 23.7 Å². The van der Waals surface area contributed by atoms with Crippen LogP contribution in [0.2, 0.25) is 0 Å². The SMILES string of the molecule is C=C/C=c1/cccc/c1=C(/C=C)S(=O)(=O)NCN[C@H](N)C(C)CC(C)c1ccccc1. The second-order valence-electron chi connectivity index (χ2n) is 7.64. The van der Waals surface area contributed by atoms with Crippen molar-refractivity contribution in [2.45, 2.75) is 32.4 Å². The summed E-state index contributed by atoms with van der Waals surface area (Å²) in [5.74, 6) is 0.518. The molecule has 0 fully saturated rings. The fourth-order valence-electron chi connectivity index (χ4n) is 3.51. The van der Waals surface area contributed by atoms with Crippen LogP contribution in [-0.2, 0) is 10.0 Å². The van der Waals surface area contributed by atoms with E-state index in [0.717, 1.165) is 11.6 Å². The van der Waals surface area contributed by atoms with Gasteiger partial charge in [0.15, 0.2) is 0 Å². The summed E-state index contributed by atoms with van der Waals surface area (Å²) in [6, 6.07) is 17.5. The predicted octanol–water partition coefficient (Wildman–Crippen LogP) is 2.53. The van der Waals surface area contributed by atoms with Crippen LogP contribution in [0.15, 0.2) is 79.9 Å². The maximum atomic E-state index is 12.9. The summed E-state index contributed by atoms with van der Waals surface area (Å²) in [6.07, 6.45) is 5.28. The summed E-state index contributed by atoms with van der Waals surface area (Å²) >= 11 is 0. The maximum absolute atomic E-state index is 12.9. The Labute approximate surface area is 186 Å². The van der Waals surface area contributed by atoms with E-state index in [1.807, 2.05) is 30.3 Å². The van der Waals surface area contributed by atoms with Crippen molar-refractivity contribution in [1.29, 1.82) is 0 Å². The Bertz CT molecular complexity index is 1100. The zero-order chi connectivity index (χ0) is 22.9. The number of benzene rings is 2. The van der Waals surface area contributed by atoms with Gasteiger partial charge in [-0.3, -0.25) is 5.32 Å². The molecule has 0 saturated heterocycles. The molecule has 0 heterocycles. The second kappa shape index (κ2) is 11.8. The molecule has 0 bridgehead atoms. The Kier molecular flexibility index (Phi) is 9.40. The lowest BCUT2D eigenvalue weighted by Gasteiger charge is -2.24. The van der Waals surface area contributed by atoms with Crippen LogP contribution >= 0.6 is 0 Å². The summed E-state index contributed by atoms with van der Waals surface area (Å²) in [5, 5.41) is 4.41. The summed E-state index contributed by atoms with van der Waals surface area (Å²) in [5.41, 5.74) is 7.53. The Hall–Kier alpha value is -2.51. The minimum Gasteiger partial charge on any atom is -0.316 e. The molecule has 0 aliphatic heterocycles. The van der Waals surface area contributed by atoms with Crippen molar-refractivity contribution in [3.05, 3.63) is 95.9 Å². The van der Waals surface area contributed by atoms with Crippen molar-refractivity contribution in [2.24, 2.45) is 11.7 Å². The number of rotatable bonds is 11. The average Bonchev–Trinajstić information content (AvgIpc) is 2.75. The lowest BCUT2D eigenvalue weighted by Crippen LogP contribution is -2.48. The fraction of sp³-hybridized carbons (Fsp3) is 0.280. The van der Waals surface area contributed by atoms with E-state index in [1.165, 1.54) is 11.6 Å². The van der Waals surface area contributed by atoms with Crippen molar-refractivity contribution < 1.29 is 8.42 Å². The van der Waals surface area contributed by atoms with Crippen LogP contribution in [0.4, 0.5) is 0 Å². The van der Waals surface area contributed by atoms with Crippen LogP contribution in [0.5, 0.6) is 0 Å². The van der Waals surface area contributed by atoms with E-state index in [0.29, 0.717) is 11.1 Å². The van der Waals surface area contributed by atoms with Crippen molar-refractivity contribution in [3.63, 3.8) is 0 Å². The number of allylic oxidation sites excluding steroid dienone is 1. The van der Waals surface area contributed by atoms with Crippen LogP contribution in [0.1, 0.15) is 31.7 Å². The number of nitrogens with two attached hydrogens (primary N) is 1. The lowest BCUT2D eigenvalue weighted by atomic mass is 9.90. The number of sulfonamides is 1. The van der Waals surface area contributed by atoms with Gasteiger partial charge in [0.25, 0.3) is 0 Å². The quantitative estimate of drug-likeness (QED) is 0.470. The standard InChI is InChI=1S/C25H33N3O2S/c1-5-12-22-15-10-11-16-23(22)24(6-2)31(29,30)28-18-27-25(26)20(4)17-19(3)21-13-8-7-9-14-21/h5-16,19-20,25,27-28H,1-2,17-18,26H2,3-4H3/b22-12-,24-23+/t19?,20?,25-/m0/s1. The van der Waals surface area contributed by atoms with Crippen LogP contribution in [0.3, 0.4) is 0 Å². The van der Waals surface area contributed by atoms with E-state index in [4.69, 9.17) is 5.73 Å². The first kappa shape index (κ1) is 24.8. The van der Waals surface area contributed by atoms with E-state index in [1.54, 1.807) is 24.3 Å². The Morgan fingerprint density at radius 1 is 1.06 bits per heavy atom. The van der Waals surface area contributed by atoms with Crippen LogP contribution in [-0.4, -0.2) is 21.3 Å². The van der Waals surface area contributed by atoms with Gasteiger partial charge in [0.2, 0.25) is 10.0 Å². The van der Waals surface area contributed by atoms with Gasteiger partial charge in [-0.2, -0.15) is 4.72 Å². The van der Waals surface area contributed by atoms with Gasteiger partial charge < -0.3 is 5.73 Å². The van der Waals surface area contributed by atoms with E-state index < -0.39 is 10.0 Å². The Morgan fingerprint density at radius 2 is 1.71 bits per heavy atom. The highest BCUT2D eigenvalue weighted by Crippen LogP contribution is 2.23. The highest BCUT2D eigenvalue weighted by atomic mass is 32.2. The van der Waals surface area contributed by atoms with E-state index >= 15 is 0 Å². The van der Waals surface area contributed by atoms with Gasteiger partial charge in [0.05, 0.1) is 17.7 Å². The van der Waals surface area contributed by atoms with E-state index in [2.05, 4.69) is 49.2 Å². The van der Waals surface area contributed by atoms with Gasteiger partial charge in [-0.25, -0.2) is 8.42 Å². The molecule has 5 nitrogen and oxygen atoms in total. The molecule has 2 aromatic rings. The van der Waals surface area contributed by atoms with Gasteiger partial charge in [0, 0.05) is 5.22 Å². The van der Waals surface area contributed by atoms with Crippen LogP contribution in [0, 0.1) is 5.92 Å². The van der Waals surface area contributed by atoms with Crippen LogP contribution in [0.25, 0.3) is 11.0 Å². The molecule has 0 spiro atoms. The molecule has 2 rings (SSSR count). The van der Waals surface area contributed by atoms with Gasteiger partial charge in [-0.15, -0.1) is 0 Å². The normalized spacial score (nSPS) is 16.3. The molecular weight excluding hydrogens is 406 g/mol. The van der Waals surface area contributed by atoms with Crippen LogP contribution < -0.4 is 26.2 Å². The number of nitrogens with one attached hydrogen (secondary N) is 2. The molecule has 0 amide bonds. The molecule has 6 heteroatoms. The number of hydrogen-bond acceptors (Lipinski definition) is 4. The predicted molar refractivity (Wildman–Crippen MR) is 131 cm³/mol. The largest absolute Gasteiger partial charge is 0.316 e. The van der Waals surface area contributed by atoms with Gasteiger partial charge >= 0.3 is 0 Å². The smallest absolute Gasteiger partial charge is 0.242 e. The second-order valence-corrected chi connectivity index (χ2v) is 9.37. The molecule has 0 radical (unpaired) electrons. The van der Waals surface area contributed by atoms with Crippen molar-refractivity contribution in [1.82, 2.24) is 10.0 Å². The molecule has 0 aromatic heterocycles. The molecule has 2 unspecified atom stereocenters. The third kappa shape index (κ3) is 7.01. The molecular formula is C25H33N3O2S. The molecule has 2 aromatic carbocycles. The fourth-order valence-corrected chi connectivity index (χ4v) is 4.64. The minimum absolute atomic E-state index is 0.0260. The molecule has 0 aliphatic rings. The number of hydrogen-bond donors (Lipinski definition) is 3. The zero-order valence-electron chi connectivity index (χ0n) is 18.3. The van der Waals surface area contributed by atoms with E-state index in [9.17, 15) is 8.42 Å². The molecule has 0 aliphatic carbocycles. The summed E-state index contributed by atoms with van der Waals surface area (Å²) < 4.78 is 28.4. The highest BCUT2D eigenvalue weighted by molar-refractivity contribution is 7.98. The van der Waals surface area contributed by atoms with Crippen molar-refractivity contribution in [2.75, 3.05) is 6.67 Å². The van der Waals surface area contributed by atoms with Crippen molar-refractivity contribution >= 4 is 21.0 Å². The maximum Gasteiger partial charge on any atom is 0.242 e. The summed E-state index contributed by atoms with van der Waals surface area (Å²) in [4.78, 5) is 0.113. The molecule has 3 atom stereocenters. The third-order valence-corrected chi connectivity index (χ3v) is 6.80. The first-order chi connectivity index (χ1) is 14.8. The summed E-state index contributed by atoms with van der Waals surface area (Å²) in [7, 11) is -3.78. The third-order valence-electron chi connectivity index (χ3n) is 5.31. The average molecular weight is 440 g/mol. The van der Waals surface area contributed by atoms with Gasteiger partial charge in [-0.1, -0.05) is 93.8 Å². The first-order valence-electron chi connectivity index (χ1n) is 10.4. The van der Waals surface area contributed by atoms with Crippen molar-refractivity contribution in [3.8, 4) is 0 Å². The Balaban J connectivity index is 2.05. The van der Waals surface area contributed by atoms with Gasteiger partial charge in [0.1, 0.15) is 0 Å². The Morgan fingerprint density at radius 3 is 2.35 bits per heavy atom. The highest BCUT2D eigenvalue weighted by Gasteiger charge is 2.19.